The Morgan fingerprint density at radius 2 is 0.786 bits per heavy atom. The Morgan fingerprint density at radius 3 is 1.10 bits per heavy atom. The van der Waals surface area contributed by atoms with Crippen molar-refractivity contribution in [3.05, 3.63) is 135 Å². The zero-order valence-electron chi connectivity index (χ0n) is 40.8. The smallest absolute Gasteiger partial charge is 0.399 e. The van der Waals surface area contributed by atoms with Crippen LogP contribution in [0.25, 0.3) is 11.4 Å². The molecule has 4 aromatic carbocycles. The molecule has 0 atom stereocenters. The van der Waals surface area contributed by atoms with Gasteiger partial charge >= 0.3 is 18.5 Å². The molecule has 18 heteroatoms. The molecule has 5 heterocycles. The van der Waals surface area contributed by atoms with Gasteiger partial charge in [0.25, 0.3) is 0 Å². The lowest BCUT2D eigenvalue weighted by molar-refractivity contribution is 0.00578. The highest BCUT2D eigenvalue weighted by molar-refractivity contribution is 9.10. The Balaban J connectivity index is 0.000000229. The number of nitrogens with zero attached hydrogens (tertiary/aromatic N) is 12. The van der Waals surface area contributed by atoms with Crippen LogP contribution in [0.3, 0.4) is 0 Å². The number of hydrogen-bond donors (Lipinski definition) is 0. The molecule has 3 saturated heterocycles. The van der Waals surface area contributed by atoms with E-state index in [0.29, 0.717) is 13.1 Å². The van der Waals surface area contributed by atoms with Gasteiger partial charge in [0.05, 0.1) is 35.7 Å². The fourth-order valence-corrected chi connectivity index (χ4v) is 8.76. The minimum absolute atomic E-state index is 0. The summed E-state index contributed by atoms with van der Waals surface area (Å²) in [5, 5.41) is 8.50. The van der Waals surface area contributed by atoms with Gasteiger partial charge in [-0.05, 0) is 146 Å². The maximum absolute atomic E-state index is 12.7. The third kappa shape index (κ3) is 12.4. The second-order valence-corrected chi connectivity index (χ2v) is 20.2. The Kier molecular flexibility index (Phi) is 17.7. The zero-order chi connectivity index (χ0) is 48.2. The van der Waals surface area contributed by atoms with E-state index in [1.54, 1.807) is 21.8 Å². The molecule has 6 aromatic rings. The highest BCUT2D eigenvalue weighted by Gasteiger charge is 2.51. The van der Waals surface area contributed by atoms with E-state index in [1.807, 2.05) is 62.3 Å². The summed E-state index contributed by atoms with van der Waals surface area (Å²) < 4.78 is 19.7. The minimum atomic E-state index is -0.339. The van der Waals surface area contributed by atoms with Gasteiger partial charge in [0.15, 0.2) is 0 Å². The summed E-state index contributed by atoms with van der Waals surface area (Å²) >= 11 is 3.50. The summed E-state index contributed by atoms with van der Waals surface area (Å²) in [6, 6.07) is 33.4. The van der Waals surface area contributed by atoms with Crippen molar-refractivity contribution in [1.29, 1.82) is 0 Å². The summed E-state index contributed by atoms with van der Waals surface area (Å²) in [6.45, 7) is 18.7. The normalized spacial score (nSPS) is 16.5. The van der Waals surface area contributed by atoms with Crippen molar-refractivity contribution in [3.8, 4) is 11.4 Å². The SMILES string of the molecule is C.C.CN(C)CCn1ncn(-c2ccc(N3CCN(c4ccc(B5OC(C)(C)C(C)(C)O5)cc4)CC3)cc2)c1=O.CN(C)CCn1ncn(-c2ccc(N3CCN(c4ccc(Br)cc4)CC3)cc2)c1=O. The second kappa shape index (κ2) is 23.1. The Labute approximate surface area is 423 Å². The van der Waals surface area contributed by atoms with E-state index >= 15 is 0 Å². The standard InChI is InChI=1S/C28H39BN6O3.C22H27BrN6O.2CH4/c1-27(2)28(3,4)38-29(37-27)22-7-9-23(10-8-22)32-16-18-33(19-17-32)24-11-13-25(14-12-24)34-21-30-35(26(34)36)20-15-31(5)6;1-25(2)11-16-29-22(30)28(17-24-29)21-9-7-20(8-10-21)27-14-12-26(13-15-27)19-5-3-18(23)4-6-19;;/h7-14,21H,15-20H2,1-6H3;3-10,17H,11-16H2,1-2H3;2*1H4. The molecule has 0 spiro atoms. The minimum Gasteiger partial charge on any atom is -0.399 e. The lowest BCUT2D eigenvalue weighted by Crippen LogP contribution is -2.46. The molecule has 3 aliphatic heterocycles. The fourth-order valence-electron chi connectivity index (χ4n) is 8.49. The monoisotopic (exact) mass is 1020 g/mol. The molecule has 3 aliphatic rings. The van der Waals surface area contributed by atoms with E-state index in [4.69, 9.17) is 9.31 Å². The molecule has 0 bridgehead atoms. The largest absolute Gasteiger partial charge is 0.494 e. The quantitative estimate of drug-likeness (QED) is 0.123. The van der Waals surface area contributed by atoms with Crippen molar-refractivity contribution in [1.82, 2.24) is 38.5 Å². The number of hydrogen-bond acceptors (Lipinski definition) is 12. The molecule has 16 nitrogen and oxygen atoms in total. The van der Waals surface area contributed by atoms with Gasteiger partial charge in [0.1, 0.15) is 12.7 Å². The molecule has 3 fully saturated rings. The predicted molar refractivity (Wildman–Crippen MR) is 291 cm³/mol. The van der Waals surface area contributed by atoms with Crippen LogP contribution in [-0.4, -0.2) is 150 Å². The third-order valence-corrected chi connectivity index (χ3v) is 14.0. The number of likely N-dealkylation sites (N-methyl/N-ethyl adjacent to an activating group) is 2. The highest BCUT2D eigenvalue weighted by Crippen LogP contribution is 2.36. The van der Waals surface area contributed by atoms with Crippen LogP contribution < -0.4 is 36.4 Å². The lowest BCUT2D eigenvalue weighted by Gasteiger charge is -2.37. The fraction of sp³-hybridized carbons (Fsp3) is 0.462. The highest BCUT2D eigenvalue weighted by atomic mass is 79.9. The van der Waals surface area contributed by atoms with Gasteiger partial charge in [-0.3, -0.25) is 0 Å². The molecule has 376 valence electrons. The van der Waals surface area contributed by atoms with Gasteiger partial charge in [-0.25, -0.2) is 28.1 Å². The van der Waals surface area contributed by atoms with Gasteiger partial charge in [0, 0.05) is 92.7 Å². The molecule has 0 N–H and O–H groups in total. The summed E-state index contributed by atoms with van der Waals surface area (Å²) in [5.74, 6) is 0. The predicted octanol–water partition coefficient (Wildman–Crippen LogP) is 6.18. The van der Waals surface area contributed by atoms with Crippen LogP contribution in [-0.2, 0) is 22.4 Å². The number of piperazine rings is 2. The van der Waals surface area contributed by atoms with Crippen LogP contribution >= 0.6 is 15.9 Å². The van der Waals surface area contributed by atoms with Gasteiger partial charge in [-0.2, -0.15) is 10.2 Å². The van der Waals surface area contributed by atoms with Crippen LogP contribution in [0.2, 0.25) is 0 Å². The second-order valence-electron chi connectivity index (χ2n) is 19.3. The zero-order valence-corrected chi connectivity index (χ0v) is 42.4. The number of benzene rings is 4. The number of rotatable bonds is 13. The van der Waals surface area contributed by atoms with Gasteiger partial charge in [-0.1, -0.05) is 42.9 Å². The van der Waals surface area contributed by atoms with Gasteiger partial charge < -0.3 is 38.7 Å². The van der Waals surface area contributed by atoms with Crippen LogP contribution in [0.1, 0.15) is 42.5 Å². The first-order chi connectivity index (χ1) is 32.5. The molecule has 0 saturated carbocycles. The van der Waals surface area contributed by atoms with Crippen LogP contribution in [0.4, 0.5) is 22.7 Å². The summed E-state index contributed by atoms with van der Waals surface area (Å²) in [5.41, 5.74) is 6.65. The van der Waals surface area contributed by atoms with E-state index < -0.39 is 0 Å². The van der Waals surface area contributed by atoms with E-state index in [9.17, 15) is 9.59 Å². The Hall–Kier alpha value is -5.66. The molecule has 0 aliphatic carbocycles. The summed E-state index contributed by atoms with van der Waals surface area (Å²) in [4.78, 5) is 39.0. The third-order valence-electron chi connectivity index (χ3n) is 13.5. The maximum Gasteiger partial charge on any atom is 0.494 e. The molecular weight excluding hydrogens is 947 g/mol. The maximum atomic E-state index is 12.7. The molecule has 2 aromatic heterocycles. The summed E-state index contributed by atoms with van der Waals surface area (Å²) in [7, 11) is 7.61. The molecule has 70 heavy (non-hydrogen) atoms. The average Bonchev–Trinajstić information content (AvgIpc) is 3.97. The Morgan fingerprint density at radius 1 is 0.500 bits per heavy atom. The van der Waals surface area contributed by atoms with Crippen LogP contribution in [0.15, 0.2) is 124 Å². The van der Waals surface area contributed by atoms with Crippen molar-refractivity contribution in [2.24, 2.45) is 0 Å². The van der Waals surface area contributed by atoms with Crippen molar-refractivity contribution >= 4 is 51.3 Å². The van der Waals surface area contributed by atoms with Crippen LogP contribution in [0.5, 0.6) is 0 Å². The molecular formula is C52H74BBrN12O4. The van der Waals surface area contributed by atoms with E-state index in [-0.39, 0.29) is 44.6 Å². The van der Waals surface area contributed by atoms with Crippen molar-refractivity contribution in [2.75, 3.05) is 113 Å². The molecule has 0 amide bonds. The average molecular weight is 1020 g/mol. The first-order valence-corrected chi connectivity index (χ1v) is 24.3. The van der Waals surface area contributed by atoms with Crippen molar-refractivity contribution < 1.29 is 9.31 Å². The molecule has 0 radical (unpaired) electrons. The first-order valence-electron chi connectivity index (χ1n) is 23.6. The topological polar surface area (TPSA) is 118 Å². The van der Waals surface area contributed by atoms with Crippen molar-refractivity contribution in [2.45, 2.75) is 66.8 Å². The molecule has 0 unspecified atom stereocenters. The number of aromatic nitrogens is 6. The summed E-state index contributed by atoms with van der Waals surface area (Å²) in [6.07, 6.45) is 3.20. The lowest BCUT2D eigenvalue weighted by atomic mass is 9.79. The van der Waals surface area contributed by atoms with Gasteiger partial charge in [-0.15, -0.1) is 0 Å². The van der Waals surface area contributed by atoms with E-state index in [0.717, 1.165) is 92.4 Å². The van der Waals surface area contributed by atoms with E-state index in [2.05, 4.69) is 146 Å². The van der Waals surface area contributed by atoms with Crippen molar-refractivity contribution in [3.63, 3.8) is 0 Å². The van der Waals surface area contributed by atoms with Crippen LogP contribution in [0, 0.1) is 0 Å². The Bertz CT molecular complexity index is 2670. The number of anilines is 4. The molecule has 9 rings (SSSR count). The van der Waals surface area contributed by atoms with E-state index in [1.165, 1.54) is 26.4 Å². The number of halogens is 1. The first kappa shape index (κ1) is 53.7. The van der Waals surface area contributed by atoms with Gasteiger partial charge in [0.2, 0.25) is 0 Å².